The minimum atomic E-state index is -0.161. The Morgan fingerprint density at radius 1 is 0.939 bits per heavy atom. The Bertz CT molecular complexity index is 1060. The van der Waals surface area contributed by atoms with Crippen molar-refractivity contribution in [2.24, 2.45) is 0 Å². The summed E-state index contributed by atoms with van der Waals surface area (Å²) in [5, 5.41) is 2.87. The van der Waals surface area contributed by atoms with E-state index in [1.807, 2.05) is 66.4 Å². The van der Waals surface area contributed by atoms with E-state index >= 15 is 0 Å². The molecule has 3 aromatic rings. The number of carbonyl (C=O) groups excluding carboxylic acids is 2. The number of aryl methyl sites for hydroxylation is 1. The third kappa shape index (κ3) is 6.17. The molecule has 7 nitrogen and oxygen atoms in total. The fourth-order valence-electron chi connectivity index (χ4n) is 3.66. The van der Waals surface area contributed by atoms with Crippen molar-refractivity contribution in [3.05, 3.63) is 89.6 Å². The zero-order chi connectivity index (χ0) is 23.0. The van der Waals surface area contributed by atoms with Crippen LogP contribution in [0.15, 0.2) is 72.9 Å². The van der Waals surface area contributed by atoms with Gasteiger partial charge in [-0.05, 0) is 36.8 Å². The van der Waals surface area contributed by atoms with Crippen molar-refractivity contribution in [1.82, 2.24) is 9.88 Å². The van der Waals surface area contributed by atoms with Crippen LogP contribution in [0.4, 0.5) is 11.5 Å². The van der Waals surface area contributed by atoms with E-state index in [9.17, 15) is 9.59 Å². The molecule has 2 amide bonds. The number of benzene rings is 2. The minimum Gasteiger partial charge on any atom is -0.367 e. The Kier molecular flexibility index (Phi) is 7.32. The van der Waals surface area contributed by atoms with E-state index in [1.165, 1.54) is 0 Å². The van der Waals surface area contributed by atoms with Crippen molar-refractivity contribution in [1.29, 1.82) is 0 Å². The molecule has 2 aromatic carbocycles. The number of anilines is 2. The van der Waals surface area contributed by atoms with Crippen LogP contribution in [0.3, 0.4) is 0 Å². The molecule has 33 heavy (non-hydrogen) atoms. The van der Waals surface area contributed by atoms with Gasteiger partial charge in [-0.15, -0.1) is 0 Å². The number of hydrogen-bond acceptors (Lipinski definition) is 5. The summed E-state index contributed by atoms with van der Waals surface area (Å²) >= 11 is 0. The van der Waals surface area contributed by atoms with Crippen LogP contribution >= 0.6 is 0 Å². The number of amides is 2. The van der Waals surface area contributed by atoms with E-state index in [4.69, 9.17) is 4.74 Å². The number of carbonyl (C=O) groups is 2. The molecule has 1 saturated heterocycles. The molecule has 0 saturated carbocycles. The lowest BCUT2D eigenvalue weighted by atomic mass is 10.1. The maximum absolute atomic E-state index is 12.4. The number of hydrogen-bond donors (Lipinski definition) is 1. The highest BCUT2D eigenvalue weighted by Crippen LogP contribution is 2.17. The second-order valence-electron chi connectivity index (χ2n) is 8.07. The molecular weight excluding hydrogens is 416 g/mol. The molecule has 0 radical (unpaired) electrons. The minimum absolute atomic E-state index is 0.00714. The van der Waals surface area contributed by atoms with Gasteiger partial charge in [-0.1, -0.05) is 48.0 Å². The van der Waals surface area contributed by atoms with Gasteiger partial charge in [0.15, 0.2) is 0 Å². The Balaban J connectivity index is 1.22. The summed E-state index contributed by atoms with van der Waals surface area (Å²) in [7, 11) is 0. The van der Waals surface area contributed by atoms with Crippen LogP contribution in [0.1, 0.15) is 21.5 Å². The number of ether oxygens (including phenoxy) is 1. The summed E-state index contributed by atoms with van der Waals surface area (Å²) < 4.78 is 5.58. The van der Waals surface area contributed by atoms with Gasteiger partial charge < -0.3 is 19.9 Å². The van der Waals surface area contributed by atoms with Crippen molar-refractivity contribution in [2.75, 3.05) is 43.0 Å². The zero-order valence-corrected chi connectivity index (χ0v) is 18.7. The highest BCUT2D eigenvalue weighted by Gasteiger charge is 2.22. The van der Waals surface area contributed by atoms with E-state index < -0.39 is 0 Å². The summed E-state index contributed by atoms with van der Waals surface area (Å²) in [6.07, 6.45) is 1.66. The Morgan fingerprint density at radius 2 is 1.67 bits per heavy atom. The molecule has 1 aliphatic rings. The van der Waals surface area contributed by atoms with Gasteiger partial charge >= 0.3 is 0 Å². The molecule has 170 valence electrons. The van der Waals surface area contributed by atoms with E-state index in [0.29, 0.717) is 44.0 Å². The molecule has 0 bridgehead atoms. The number of pyridine rings is 1. The summed E-state index contributed by atoms with van der Waals surface area (Å²) in [5.74, 6) is 0.676. The standard InChI is InChI=1S/C26H28N4O3/c1-20-7-9-22(10-8-20)26(32)28-23-11-12-24(27-17-23)29-13-15-30(16-14-29)25(31)19-33-18-21-5-3-2-4-6-21/h2-12,17H,13-16,18-19H2,1H3,(H,28,32). The molecule has 1 N–H and O–H groups in total. The van der Waals surface area contributed by atoms with E-state index in [1.54, 1.807) is 18.3 Å². The van der Waals surface area contributed by atoms with Gasteiger partial charge in [-0.3, -0.25) is 9.59 Å². The van der Waals surface area contributed by atoms with E-state index in [2.05, 4.69) is 15.2 Å². The Labute approximate surface area is 194 Å². The summed E-state index contributed by atoms with van der Waals surface area (Å²) in [6, 6.07) is 21.0. The molecule has 0 spiro atoms. The molecule has 1 aliphatic heterocycles. The molecule has 1 aromatic heterocycles. The van der Waals surface area contributed by atoms with Crippen LogP contribution in [0.2, 0.25) is 0 Å². The summed E-state index contributed by atoms with van der Waals surface area (Å²) in [4.78, 5) is 33.3. The quantitative estimate of drug-likeness (QED) is 0.604. The van der Waals surface area contributed by atoms with Crippen LogP contribution < -0.4 is 10.2 Å². The first-order chi connectivity index (χ1) is 16.1. The SMILES string of the molecule is Cc1ccc(C(=O)Nc2ccc(N3CCN(C(=O)COCc4ccccc4)CC3)nc2)cc1. The molecule has 0 unspecified atom stereocenters. The molecule has 0 aliphatic carbocycles. The van der Waals surface area contributed by atoms with Crippen LogP contribution in [0.25, 0.3) is 0 Å². The third-order valence-corrected chi connectivity index (χ3v) is 5.61. The topological polar surface area (TPSA) is 74.8 Å². The Hall–Kier alpha value is -3.71. The lowest BCUT2D eigenvalue weighted by Crippen LogP contribution is -2.50. The van der Waals surface area contributed by atoms with Crippen molar-refractivity contribution in [3.8, 4) is 0 Å². The van der Waals surface area contributed by atoms with Crippen LogP contribution in [0.5, 0.6) is 0 Å². The number of nitrogens with one attached hydrogen (secondary N) is 1. The number of piperazine rings is 1. The maximum Gasteiger partial charge on any atom is 0.255 e. The number of aromatic nitrogens is 1. The maximum atomic E-state index is 12.4. The van der Waals surface area contributed by atoms with Gasteiger partial charge in [0.2, 0.25) is 5.91 Å². The van der Waals surface area contributed by atoms with Gasteiger partial charge in [0.1, 0.15) is 12.4 Å². The fraction of sp³-hybridized carbons (Fsp3) is 0.269. The second kappa shape index (κ2) is 10.7. The van der Waals surface area contributed by atoms with Crippen molar-refractivity contribution >= 4 is 23.3 Å². The predicted molar refractivity (Wildman–Crippen MR) is 128 cm³/mol. The van der Waals surface area contributed by atoms with Gasteiger partial charge in [0, 0.05) is 31.7 Å². The fourth-order valence-corrected chi connectivity index (χ4v) is 3.66. The second-order valence-corrected chi connectivity index (χ2v) is 8.07. The molecule has 1 fully saturated rings. The van der Waals surface area contributed by atoms with E-state index in [-0.39, 0.29) is 18.4 Å². The summed E-state index contributed by atoms with van der Waals surface area (Å²) in [6.45, 7) is 5.16. The first kappa shape index (κ1) is 22.5. The zero-order valence-electron chi connectivity index (χ0n) is 18.7. The summed E-state index contributed by atoms with van der Waals surface area (Å²) in [5.41, 5.74) is 3.42. The van der Waals surface area contributed by atoms with Gasteiger partial charge in [0.05, 0.1) is 18.5 Å². The third-order valence-electron chi connectivity index (χ3n) is 5.61. The largest absolute Gasteiger partial charge is 0.367 e. The monoisotopic (exact) mass is 444 g/mol. The molecular formula is C26H28N4O3. The highest BCUT2D eigenvalue weighted by atomic mass is 16.5. The molecule has 4 rings (SSSR count). The van der Waals surface area contributed by atoms with Gasteiger partial charge in [-0.2, -0.15) is 0 Å². The van der Waals surface area contributed by atoms with Gasteiger partial charge in [-0.25, -0.2) is 4.98 Å². The number of nitrogens with zero attached hydrogens (tertiary/aromatic N) is 3. The van der Waals surface area contributed by atoms with Gasteiger partial charge in [0.25, 0.3) is 5.91 Å². The van der Waals surface area contributed by atoms with Crippen molar-refractivity contribution in [2.45, 2.75) is 13.5 Å². The first-order valence-electron chi connectivity index (χ1n) is 11.1. The molecule has 0 atom stereocenters. The molecule has 7 heteroatoms. The predicted octanol–water partition coefficient (Wildman–Crippen LogP) is 3.51. The average Bonchev–Trinajstić information content (AvgIpc) is 2.85. The normalized spacial score (nSPS) is 13.6. The van der Waals surface area contributed by atoms with Crippen molar-refractivity contribution in [3.63, 3.8) is 0 Å². The smallest absolute Gasteiger partial charge is 0.255 e. The van der Waals surface area contributed by atoms with Crippen molar-refractivity contribution < 1.29 is 14.3 Å². The van der Waals surface area contributed by atoms with E-state index in [0.717, 1.165) is 16.9 Å². The Morgan fingerprint density at radius 3 is 2.33 bits per heavy atom. The van der Waals surface area contributed by atoms with Crippen LogP contribution in [-0.2, 0) is 16.1 Å². The number of rotatable bonds is 7. The first-order valence-corrected chi connectivity index (χ1v) is 11.1. The average molecular weight is 445 g/mol. The lowest BCUT2D eigenvalue weighted by Gasteiger charge is -2.35. The molecule has 2 heterocycles. The lowest BCUT2D eigenvalue weighted by molar-refractivity contribution is -0.136. The van der Waals surface area contributed by atoms with Crippen LogP contribution in [-0.4, -0.2) is 54.5 Å². The highest BCUT2D eigenvalue weighted by molar-refractivity contribution is 6.04. The van der Waals surface area contributed by atoms with Crippen LogP contribution in [0, 0.1) is 6.92 Å².